The number of benzene rings is 4. The van der Waals surface area contributed by atoms with Crippen molar-refractivity contribution in [3.8, 4) is 0 Å². The summed E-state index contributed by atoms with van der Waals surface area (Å²) in [6, 6.07) is 36.7. The third-order valence-electron chi connectivity index (χ3n) is 6.56. The van der Waals surface area contributed by atoms with E-state index in [0.29, 0.717) is 17.7 Å². The van der Waals surface area contributed by atoms with E-state index in [1.165, 1.54) is 0 Å². The minimum absolute atomic E-state index is 0.0247. The second-order valence-corrected chi connectivity index (χ2v) is 9.39. The van der Waals surface area contributed by atoms with E-state index in [0.717, 1.165) is 27.6 Å². The highest BCUT2D eigenvalue weighted by atomic mass is 16.2. The molecule has 0 bridgehead atoms. The molecular weight excluding hydrogens is 470 g/mol. The van der Waals surface area contributed by atoms with Gasteiger partial charge in [-0.2, -0.15) is 0 Å². The van der Waals surface area contributed by atoms with E-state index < -0.39 is 0 Å². The molecule has 0 fully saturated rings. The van der Waals surface area contributed by atoms with E-state index in [1.54, 1.807) is 12.3 Å². The highest BCUT2D eigenvalue weighted by molar-refractivity contribution is 6.12. The fraction of sp³-hybridized carbons (Fsp3) is 0.121. The number of nitrogens with zero attached hydrogens (tertiary/aromatic N) is 1. The molecule has 5 rings (SSSR count). The lowest BCUT2D eigenvalue weighted by Gasteiger charge is -2.21. The molecule has 5 nitrogen and oxygen atoms in total. The zero-order chi connectivity index (χ0) is 26.3. The lowest BCUT2D eigenvalue weighted by Crippen LogP contribution is -2.38. The number of rotatable bonds is 8. The van der Waals surface area contributed by atoms with Gasteiger partial charge in [-0.1, -0.05) is 91.0 Å². The Morgan fingerprint density at radius 2 is 1.34 bits per heavy atom. The Morgan fingerprint density at radius 3 is 2.00 bits per heavy atom. The second-order valence-electron chi connectivity index (χ2n) is 9.39. The number of pyridine rings is 1. The van der Waals surface area contributed by atoms with Gasteiger partial charge in [-0.15, -0.1) is 0 Å². The molecule has 5 heteroatoms. The lowest BCUT2D eigenvalue weighted by molar-refractivity contribution is -0.122. The molecule has 1 aromatic heterocycles. The van der Waals surface area contributed by atoms with Crippen LogP contribution in [-0.2, 0) is 11.2 Å². The maximum atomic E-state index is 13.4. The van der Waals surface area contributed by atoms with Crippen LogP contribution < -0.4 is 10.6 Å². The molecule has 0 radical (unpaired) electrons. The summed E-state index contributed by atoms with van der Waals surface area (Å²) >= 11 is 0. The van der Waals surface area contributed by atoms with Gasteiger partial charge in [-0.25, -0.2) is 0 Å². The number of aromatic nitrogens is 1. The fourth-order valence-corrected chi connectivity index (χ4v) is 4.73. The summed E-state index contributed by atoms with van der Waals surface area (Å²) in [7, 11) is 0. The molecule has 0 spiro atoms. The molecule has 0 saturated heterocycles. The smallest absolute Gasteiger partial charge is 0.256 e. The van der Waals surface area contributed by atoms with Crippen LogP contribution in [0.25, 0.3) is 10.9 Å². The molecule has 0 saturated carbocycles. The molecule has 1 atom stereocenters. The summed E-state index contributed by atoms with van der Waals surface area (Å²) < 4.78 is 0. The number of anilines is 1. The highest BCUT2D eigenvalue weighted by Gasteiger charge is 2.23. The summed E-state index contributed by atoms with van der Waals surface area (Å²) in [4.78, 5) is 30.6. The first-order chi connectivity index (χ1) is 18.6. The van der Waals surface area contributed by atoms with Gasteiger partial charge in [0.25, 0.3) is 5.91 Å². The first kappa shape index (κ1) is 24.9. The predicted octanol–water partition coefficient (Wildman–Crippen LogP) is 6.37. The SMILES string of the molecule is C[C@H](Cc1ccc(NC(=O)c2ccnc3ccccc23)cc1)NC(=O)C(c1ccccc1)c1ccccc1. The predicted molar refractivity (Wildman–Crippen MR) is 152 cm³/mol. The van der Waals surface area contributed by atoms with E-state index in [2.05, 4.69) is 15.6 Å². The van der Waals surface area contributed by atoms with Gasteiger partial charge < -0.3 is 10.6 Å². The van der Waals surface area contributed by atoms with Gasteiger partial charge in [-0.3, -0.25) is 14.6 Å². The Labute approximate surface area is 222 Å². The average molecular weight is 500 g/mol. The molecule has 38 heavy (non-hydrogen) atoms. The van der Waals surface area contributed by atoms with Crippen LogP contribution in [0.15, 0.2) is 121 Å². The average Bonchev–Trinajstić information content (AvgIpc) is 2.95. The number of fused-ring (bicyclic) bond motifs is 1. The first-order valence-corrected chi connectivity index (χ1v) is 12.7. The highest BCUT2D eigenvalue weighted by Crippen LogP contribution is 2.25. The monoisotopic (exact) mass is 499 g/mol. The number of hydrogen-bond acceptors (Lipinski definition) is 3. The fourth-order valence-electron chi connectivity index (χ4n) is 4.73. The molecule has 0 unspecified atom stereocenters. The van der Waals surface area contributed by atoms with Crippen molar-refractivity contribution in [2.45, 2.75) is 25.3 Å². The van der Waals surface area contributed by atoms with Gasteiger partial charge in [0.05, 0.1) is 17.0 Å². The summed E-state index contributed by atoms with van der Waals surface area (Å²) in [6.07, 6.45) is 2.32. The van der Waals surface area contributed by atoms with Crippen molar-refractivity contribution in [2.24, 2.45) is 0 Å². The van der Waals surface area contributed by atoms with Crippen LogP contribution in [-0.4, -0.2) is 22.8 Å². The van der Waals surface area contributed by atoms with E-state index in [1.807, 2.05) is 116 Å². The van der Waals surface area contributed by atoms with Gasteiger partial charge in [0.15, 0.2) is 0 Å². The Hall–Kier alpha value is -4.77. The quantitative estimate of drug-likeness (QED) is 0.261. The van der Waals surface area contributed by atoms with E-state index in [9.17, 15) is 9.59 Å². The topological polar surface area (TPSA) is 71.1 Å². The summed E-state index contributed by atoms with van der Waals surface area (Å²) in [5.41, 5.74) is 5.08. The number of carbonyl (C=O) groups is 2. The van der Waals surface area contributed by atoms with Gasteiger partial charge in [0.1, 0.15) is 0 Å². The van der Waals surface area contributed by atoms with Crippen molar-refractivity contribution >= 4 is 28.4 Å². The van der Waals surface area contributed by atoms with Crippen LogP contribution in [0.4, 0.5) is 5.69 Å². The van der Waals surface area contributed by atoms with E-state index in [4.69, 9.17) is 0 Å². The van der Waals surface area contributed by atoms with Crippen LogP contribution in [0.3, 0.4) is 0 Å². The van der Waals surface area contributed by atoms with Gasteiger partial charge in [0.2, 0.25) is 5.91 Å². The van der Waals surface area contributed by atoms with Crippen LogP contribution in [0, 0.1) is 0 Å². The molecule has 188 valence electrons. The number of hydrogen-bond donors (Lipinski definition) is 2. The van der Waals surface area contributed by atoms with Gasteiger partial charge in [0, 0.05) is 23.3 Å². The van der Waals surface area contributed by atoms with Crippen molar-refractivity contribution in [2.75, 3.05) is 5.32 Å². The third-order valence-corrected chi connectivity index (χ3v) is 6.56. The second kappa shape index (κ2) is 11.5. The summed E-state index contributed by atoms with van der Waals surface area (Å²) in [5.74, 6) is -0.574. The molecule has 2 amide bonds. The molecule has 0 aliphatic heterocycles. The Morgan fingerprint density at radius 1 is 0.737 bits per heavy atom. The minimum Gasteiger partial charge on any atom is -0.352 e. The number of para-hydroxylation sites is 1. The number of amides is 2. The summed E-state index contributed by atoms with van der Waals surface area (Å²) in [5, 5.41) is 6.99. The zero-order valence-corrected chi connectivity index (χ0v) is 21.2. The third kappa shape index (κ3) is 5.79. The van der Waals surface area contributed by atoms with Crippen molar-refractivity contribution in [3.63, 3.8) is 0 Å². The molecule has 1 heterocycles. The normalized spacial score (nSPS) is 11.7. The van der Waals surface area contributed by atoms with Crippen LogP contribution >= 0.6 is 0 Å². The van der Waals surface area contributed by atoms with Crippen molar-refractivity contribution in [1.29, 1.82) is 0 Å². The van der Waals surface area contributed by atoms with Gasteiger partial charge in [-0.05, 0) is 54.3 Å². The zero-order valence-electron chi connectivity index (χ0n) is 21.2. The molecule has 5 aromatic rings. The Kier molecular flexibility index (Phi) is 7.55. The van der Waals surface area contributed by atoms with Crippen LogP contribution in [0.5, 0.6) is 0 Å². The molecule has 0 aliphatic rings. The summed E-state index contributed by atoms with van der Waals surface area (Å²) in [6.45, 7) is 2.01. The maximum Gasteiger partial charge on any atom is 0.256 e. The van der Waals surface area contributed by atoms with E-state index in [-0.39, 0.29) is 23.8 Å². The maximum absolute atomic E-state index is 13.4. The minimum atomic E-state index is -0.373. The van der Waals surface area contributed by atoms with Crippen LogP contribution in [0.1, 0.15) is 39.9 Å². The van der Waals surface area contributed by atoms with Crippen molar-refractivity contribution in [3.05, 3.63) is 144 Å². The Balaban J connectivity index is 1.23. The first-order valence-electron chi connectivity index (χ1n) is 12.7. The van der Waals surface area contributed by atoms with Crippen LogP contribution in [0.2, 0.25) is 0 Å². The molecule has 0 aliphatic carbocycles. The molecular formula is C33H29N3O2. The van der Waals surface area contributed by atoms with Crippen molar-refractivity contribution in [1.82, 2.24) is 10.3 Å². The standard InChI is InChI=1S/C33H29N3O2/c1-23(35-33(38)31(25-10-4-2-5-11-25)26-12-6-3-7-13-26)22-24-16-18-27(19-17-24)36-32(37)29-20-21-34-30-15-9-8-14-28(29)30/h2-21,23,31H,22H2,1H3,(H,35,38)(H,36,37)/t23-/m1/s1. The van der Waals surface area contributed by atoms with Gasteiger partial charge >= 0.3 is 0 Å². The number of carbonyl (C=O) groups excluding carboxylic acids is 2. The molecule has 2 N–H and O–H groups in total. The lowest BCUT2D eigenvalue weighted by atomic mass is 9.90. The number of nitrogens with one attached hydrogen (secondary N) is 2. The van der Waals surface area contributed by atoms with E-state index >= 15 is 0 Å². The molecule has 4 aromatic carbocycles. The largest absolute Gasteiger partial charge is 0.352 e. The Bertz CT molecular complexity index is 1490. The van der Waals surface area contributed by atoms with Crippen molar-refractivity contribution < 1.29 is 9.59 Å².